The zero-order valence-corrected chi connectivity index (χ0v) is 18.1. The number of hydrogen-bond donors (Lipinski definition) is 2. The van der Waals surface area contributed by atoms with Crippen LogP contribution in [0.5, 0.6) is 5.75 Å². The van der Waals surface area contributed by atoms with Crippen LogP contribution >= 0.6 is 24.0 Å². The van der Waals surface area contributed by atoms with Gasteiger partial charge in [-0.3, -0.25) is 4.99 Å². The Balaban J connectivity index is 0.00000312. The van der Waals surface area contributed by atoms with Crippen LogP contribution in [0.2, 0.25) is 0 Å². The molecule has 1 aliphatic carbocycles. The molecule has 0 spiro atoms. The van der Waals surface area contributed by atoms with Crippen LogP contribution in [0.1, 0.15) is 38.2 Å². The van der Waals surface area contributed by atoms with Crippen LogP contribution in [0.4, 0.5) is 0 Å². The first-order valence-electron chi connectivity index (χ1n) is 8.75. The molecular formula is C19H32IN3O2. The van der Waals surface area contributed by atoms with Crippen LogP contribution < -0.4 is 15.4 Å². The van der Waals surface area contributed by atoms with Crippen molar-refractivity contribution in [3.8, 4) is 5.75 Å². The Labute approximate surface area is 169 Å². The molecule has 1 fully saturated rings. The first-order chi connectivity index (χ1) is 11.6. The van der Waals surface area contributed by atoms with E-state index in [0.29, 0.717) is 6.61 Å². The monoisotopic (exact) mass is 461 g/mol. The highest BCUT2D eigenvalue weighted by Gasteiger charge is 2.37. The number of benzene rings is 1. The third-order valence-corrected chi connectivity index (χ3v) is 4.86. The van der Waals surface area contributed by atoms with Gasteiger partial charge >= 0.3 is 0 Å². The summed E-state index contributed by atoms with van der Waals surface area (Å²) in [5.41, 5.74) is 1.41. The normalized spacial score (nSPS) is 17.5. The van der Waals surface area contributed by atoms with Gasteiger partial charge in [-0.05, 0) is 25.8 Å². The number of para-hydroxylation sites is 1. The Hall–Kier alpha value is -1.02. The Morgan fingerprint density at radius 3 is 2.52 bits per heavy atom. The van der Waals surface area contributed by atoms with Gasteiger partial charge < -0.3 is 20.1 Å². The van der Waals surface area contributed by atoms with Crippen LogP contribution in [0, 0.1) is 0 Å². The minimum Gasteiger partial charge on any atom is -0.496 e. The van der Waals surface area contributed by atoms with E-state index in [1.54, 1.807) is 21.3 Å². The Morgan fingerprint density at radius 1 is 1.24 bits per heavy atom. The highest BCUT2D eigenvalue weighted by atomic mass is 127. The molecule has 142 valence electrons. The molecule has 0 saturated heterocycles. The summed E-state index contributed by atoms with van der Waals surface area (Å²) < 4.78 is 10.8. The first kappa shape index (κ1) is 22.0. The molecule has 0 aliphatic heterocycles. The summed E-state index contributed by atoms with van der Waals surface area (Å²) in [7, 11) is 5.27. The molecule has 1 aromatic carbocycles. The smallest absolute Gasteiger partial charge is 0.191 e. The lowest BCUT2D eigenvalue weighted by Gasteiger charge is -2.32. The molecule has 1 atom stereocenters. The van der Waals surface area contributed by atoms with E-state index in [2.05, 4.69) is 40.7 Å². The second-order valence-electron chi connectivity index (χ2n) is 6.61. The molecule has 0 heterocycles. The number of hydrogen-bond acceptors (Lipinski definition) is 3. The predicted octanol–water partition coefficient (Wildman–Crippen LogP) is 3.32. The summed E-state index contributed by atoms with van der Waals surface area (Å²) in [6.45, 7) is 3.59. The average molecular weight is 461 g/mol. The van der Waals surface area contributed by atoms with Gasteiger partial charge in [0.05, 0.1) is 13.7 Å². The maximum absolute atomic E-state index is 5.62. The van der Waals surface area contributed by atoms with E-state index in [4.69, 9.17) is 9.47 Å². The molecule has 25 heavy (non-hydrogen) atoms. The van der Waals surface area contributed by atoms with Crippen molar-refractivity contribution in [2.75, 3.05) is 34.4 Å². The van der Waals surface area contributed by atoms with Gasteiger partial charge in [0, 0.05) is 37.7 Å². The predicted molar refractivity (Wildman–Crippen MR) is 114 cm³/mol. The summed E-state index contributed by atoms with van der Waals surface area (Å²) in [6.07, 6.45) is 4.85. The van der Waals surface area contributed by atoms with Crippen molar-refractivity contribution in [3.05, 3.63) is 29.8 Å². The molecule has 5 nitrogen and oxygen atoms in total. The van der Waals surface area contributed by atoms with E-state index in [-0.39, 0.29) is 35.4 Å². The second kappa shape index (κ2) is 10.9. The minimum absolute atomic E-state index is 0. The Bertz CT molecular complexity index is 545. The molecule has 6 heteroatoms. The third kappa shape index (κ3) is 5.74. The van der Waals surface area contributed by atoms with Crippen LogP contribution in [0.3, 0.4) is 0 Å². The fourth-order valence-electron chi connectivity index (χ4n) is 3.65. The van der Waals surface area contributed by atoms with Crippen molar-refractivity contribution in [1.82, 2.24) is 10.6 Å². The van der Waals surface area contributed by atoms with Gasteiger partial charge in [0.2, 0.25) is 0 Å². The number of rotatable bonds is 7. The van der Waals surface area contributed by atoms with E-state index in [0.717, 1.165) is 18.3 Å². The summed E-state index contributed by atoms with van der Waals surface area (Å²) in [5.74, 6) is 1.80. The lowest BCUT2D eigenvalue weighted by molar-refractivity contribution is 0.179. The molecule has 1 unspecified atom stereocenters. The number of halogens is 1. The Kier molecular flexibility index (Phi) is 9.56. The quantitative estimate of drug-likeness (QED) is 0.372. The average Bonchev–Trinajstić information content (AvgIpc) is 3.08. The SMILES string of the molecule is CN=C(NCC1(c2ccccc2OC)CCCC1)NC(C)COC.I. The lowest BCUT2D eigenvalue weighted by atomic mass is 9.78. The van der Waals surface area contributed by atoms with E-state index in [1.165, 1.54) is 31.2 Å². The molecule has 0 bridgehead atoms. The van der Waals surface area contributed by atoms with Gasteiger partial charge in [0.1, 0.15) is 5.75 Å². The number of methoxy groups -OCH3 is 2. The van der Waals surface area contributed by atoms with Gasteiger partial charge in [0.25, 0.3) is 0 Å². The van der Waals surface area contributed by atoms with Crippen LogP contribution in [-0.4, -0.2) is 46.4 Å². The van der Waals surface area contributed by atoms with Crippen LogP contribution in [0.25, 0.3) is 0 Å². The van der Waals surface area contributed by atoms with Crippen molar-refractivity contribution < 1.29 is 9.47 Å². The lowest BCUT2D eigenvalue weighted by Crippen LogP contribution is -2.48. The van der Waals surface area contributed by atoms with Crippen molar-refractivity contribution in [2.45, 2.75) is 44.1 Å². The van der Waals surface area contributed by atoms with E-state index >= 15 is 0 Å². The summed E-state index contributed by atoms with van der Waals surface area (Å²) >= 11 is 0. The topological polar surface area (TPSA) is 54.9 Å². The van der Waals surface area contributed by atoms with Crippen molar-refractivity contribution in [2.24, 2.45) is 4.99 Å². The van der Waals surface area contributed by atoms with Crippen molar-refractivity contribution in [1.29, 1.82) is 0 Å². The number of aliphatic imine (C=N–C) groups is 1. The van der Waals surface area contributed by atoms with E-state index < -0.39 is 0 Å². The molecule has 2 N–H and O–H groups in total. The van der Waals surface area contributed by atoms with Gasteiger partial charge in [0.15, 0.2) is 5.96 Å². The van der Waals surface area contributed by atoms with Gasteiger partial charge in [-0.1, -0.05) is 31.0 Å². The van der Waals surface area contributed by atoms with E-state index in [1.807, 2.05) is 6.07 Å². The highest BCUT2D eigenvalue weighted by molar-refractivity contribution is 14.0. The summed E-state index contributed by atoms with van der Waals surface area (Å²) in [5, 5.41) is 6.89. The zero-order chi connectivity index (χ0) is 17.4. The molecule has 1 aromatic rings. The molecule has 0 aromatic heterocycles. The van der Waals surface area contributed by atoms with Crippen LogP contribution in [0.15, 0.2) is 29.3 Å². The molecule has 2 rings (SSSR count). The fraction of sp³-hybridized carbons (Fsp3) is 0.632. The molecule has 1 saturated carbocycles. The minimum atomic E-state index is 0. The maximum atomic E-state index is 5.62. The van der Waals surface area contributed by atoms with Crippen LogP contribution in [-0.2, 0) is 10.2 Å². The second-order valence-corrected chi connectivity index (χ2v) is 6.61. The maximum Gasteiger partial charge on any atom is 0.191 e. The van der Waals surface area contributed by atoms with Crippen molar-refractivity contribution in [3.63, 3.8) is 0 Å². The van der Waals surface area contributed by atoms with Crippen molar-refractivity contribution >= 4 is 29.9 Å². The zero-order valence-electron chi connectivity index (χ0n) is 15.8. The number of ether oxygens (including phenoxy) is 2. The number of nitrogens with zero attached hydrogens (tertiary/aromatic N) is 1. The molecule has 0 radical (unpaired) electrons. The number of guanidine groups is 1. The van der Waals surface area contributed by atoms with Gasteiger partial charge in [-0.25, -0.2) is 0 Å². The molecular weight excluding hydrogens is 429 g/mol. The first-order valence-corrected chi connectivity index (χ1v) is 8.75. The van der Waals surface area contributed by atoms with Gasteiger partial charge in [-0.2, -0.15) is 0 Å². The fourth-order valence-corrected chi connectivity index (χ4v) is 3.65. The standard InChI is InChI=1S/C19H31N3O2.HI/c1-15(13-23-3)22-18(20-2)21-14-19(11-7-8-12-19)16-9-5-6-10-17(16)24-4;/h5-6,9-10,15H,7-8,11-14H2,1-4H3,(H2,20,21,22);1H. The highest BCUT2D eigenvalue weighted by Crippen LogP contribution is 2.44. The van der Waals surface area contributed by atoms with Gasteiger partial charge in [-0.15, -0.1) is 24.0 Å². The summed E-state index contributed by atoms with van der Waals surface area (Å²) in [4.78, 5) is 4.35. The largest absolute Gasteiger partial charge is 0.496 e. The van der Waals surface area contributed by atoms with E-state index in [9.17, 15) is 0 Å². The summed E-state index contributed by atoms with van der Waals surface area (Å²) in [6, 6.07) is 8.61. The molecule has 1 aliphatic rings. The third-order valence-electron chi connectivity index (χ3n) is 4.86. The number of nitrogens with one attached hydrogen (secondary N) is 2. The Morgan fingerprint density at radius 2 is 1.92 bits per heavy atom. The molecule has 0 amide bonds.